The Labute approximate surface area is 84.1 Å². The van der Waals surface area contributed by atoms with Gasteiger partial charge in [-0.3, -0.25) is 4.79 Å². The Kier molecular flexibility index (Phi) is 3.35. The highest BCUT2D eigenvalue weighted by molar-refractivity contribution is 5.93. The minimum atomic E-state index is -0.183. The molecule has 14 heavy (non-hydrogen) atoms. The number of carbonyl (C=O) groups excluding carboxylic acids is 1. The third-order valence-electron chi connectivity index (χ3n) is 2.09. The van der Waals surface area contributed by atoms with Gasteiger partial charge in [-0.25, -0.2) is 0 Å². The minimum Gasteiger partial charge on any atom is -0.347 e. The van der Waals surface area contributed by atoms with E-state index in [-0.39, 0.29) is 11.9 Å². The lowest BCUT2D eigenvalue weighted by Crippen LogP contribution is -2.34. The number of aryl methyl sites for hydroxylation is 1. The van der Waals surface area contributed by atoms with E-state index in [0.29, 0.717) is 5.69 Å². The third kappa shape index (κ3) is 2.17. The van der Waals surface area contributed by atoms with Crippen LogP contribution in [0.25, 0.3) is 0 Å². The van der Waals surface area contributed by atoms with Gasteiger partial charge in [0.2, 0.25) is 0 Å². The first-order valence-electron chi connectivity index (χ1n) is 4.57. The molecule has 0 bridgehead atoms. The van der Waals surface area contributed by atoms with Crippen molar-refractivity contribution in [2.45, 2.75) is 19.4 Å². The van der Waals surface area contributed by atoms with E-state index >= 15 is 0 Å². The van der Waals surface area contributed by atoms with Crippen LogP contribution in [0, 0.1) is 12.3 Å². The zero-order chi connectivity index (χ0) is 10.6. The minimum absolute atomic E-state index is 0.123. The summed E-state index contributed by atoms with van der Waals surface area (Å²) in [6.45, 7) is 1.94. The molecule has 0 saturated heterocycles. The number of nitrogens with zero attached hydrogens (tertiary/aromatic N) is 1. The van der Waals surface area contributed by atoms with Crippen molar-refractivity contribution in [3.63, 3.8) is 0 Å². The van der Waals surface area contributed by atoms with Gasteiger partial charge in [0.15, 0.2) is 0 Å². The predicted octanol–water partition coefficient (Wildman–Crippen LogP) is 1.17. The number of aromatic nitrogens is 1. The van der Waals surface area contributed by atoms with E-state index in [0.717, 1.165) is 6.42 Å². The summed E-state index contributed by atoms with van der Waals surface area (Å²) in [7, 11) is 1.83. The van der Waals surface area contributed by atoms with Gasteiger partial charge in [0.1, 0.15) is 5.69 Å². The van der Waals surface area contributed by atoms with E-state index in [4.69, 9.17) is 6.42 Å². The van der Waals surface area contributed by atoms with Crippen LogP contribution in [0.4, 0.5) is 0 Å². The quantitative estimate of drug-likeness (QED) is 0.713. The number of terminal acetylenes is 1. The first-order valence-corrected chi connectivity index (χ1v) is 4.57. The molecule has 0 aliphatic carbocycles. The second-order valence-electron chi connectivity index (χ2n) is 3.11. The summed E-state index contributed by atoms with van der Waals surface area (Å²) in [5.74, 6) is 2.40. The molecule has 1 N–H and O–H groups in total. The number of amides is 1. The maximum atomic E-state index is 11.6. The molecule has 1 heterocycles. The molecule has 74 valence electrons. The van der Waals surface area contributed by atoms with E-state index in [1.54, 1.807) is 10.6 Å². The van der Waals surface area contributed by atoms with Crippen molar-refractivity contribution in [1.82, 2.24) is 9.88 Å². The summed E-state index contributed by atoms with van der Waals surface area (Å²) in [5.41, 5.74) is 0.624. The van der Waals surface area contributed by atoms with Crippen LogP contribution in [0.3, 0.4) is 0 Å². The summed E-state index contributed by atoms with van der Waals surface area (Å²) in [5, 5.41) is 2.76. The monoisotopic (exact) mass is 190 g/mol. The van der Waals surface area contributed by atoms with Gasteiger partial charge >= 0.3 is 0 Å². The van der Waals surface area contributed by atoms with Gasteiger partial charge in [0.25, 0.3) is 5.91 Å². The summed E-state index contributed by atoms with van der Waals surface area (Å²) < 4.78 is 1.76. The molecular formula is C11H14N2O. The summed E-state index contributed by atoms with van der Waals surface area (Å²) in [6, 6.07) is 3.40. The van der Waals surface area contributed by atoms with Crippen molar-refractivity contribution in [3.05, 3.63) is 24.0 Å². The lowest BCUT2D eigenvalue weighted by Gasteiger charge is -2.10. The predicted molar refractivity (Wildman–Crippen MR) is 55.8 cm³/mol. The molecule has 0 saturated carbocycles. The lowest BCUT2D eigenvalue weighted by molar-refractivity contribution is 0.0937. The molecule has 1 aromatic heterocycles. The fourth-order valence-corrected chi connectivity index (χ4v) is 1.19. The molecule has 1 unspecified atom stereocenters. The number of carbonyl (C=O) groups is 1. The summed E-state index contributed by atoms with van der Waals surface area (Å²) in [6.07, 6.45) is 7.82. The fourth-order valence-electron chi connectivity index (χ4n) is 1.19. The molecular weight excluding hydrogens is 176 g/mol. The van der Waals surface area contributed by atoms with E-state index in [9.17, 15) is 4.79 Å². The van der Waals surface area contributed by atoms with Gasteiger partial charge < -0.3 is 9.88 Å². The van der Waals surface area contributed by atoms with Crippen molar-refractivity contribution < 1.29 is 4.79 Å². The lowest BCUT2D eigenvalue weighted by atomic mass is 10.2. The Morgan fingerprint density at radius 2 is 2.50 bits per heavy atom. The number of hydrogen-bond donors (Lipinski definition) is 1. The molecule has 0 fully saturated rings. The van der Waals surface area contributed by atoms with Gasteiger partial charge in [-0.05, 0) is 18.6 Å². The second kappa shape index (κ2) is 4.52. The van der Waals surface area contributed by atoms with Crippen LogP contribution in [-0.4, -0.2) is 16.5 Å². The summed E-state index contributed by atoms with van der Waals surface area (Å²) >= 11 is 0. The van der Waals surface area contributed by atoms with Crippen LogP contribution >= 0.6 is 0 Å². The maximum Gasteiger partial charge on any atom is 0.268 e. The van der Waals surface area contributed by atoms with Gasteiger partial charge in [0, 0.05) is 13.2 Å². The average molecular weight is 190 g/mol. The molecule has 0 aromatic carbocycles. The van der Waals surface area contributed by atoms with Crippen molar-refractivity contribution in [2.24, 2.45) is 7.05 Å². The molecule has 1 atom stereocenters. The molecule has 0 aliphatic rings. The molecule has 0 aliphatic heterocycles. The third-order valence-corrected chi connectivity index (χ3v) is 2.09. The largest absolute Gasteiger partial charge is 0.347 e. The molecule has 3 heteroatoms. The van der Waals surface area contributed by atoms with Crippen LogP contribution in [0.5, 0.6) is 0 Å². The van der Waals surface area contributed by atoms with Crippen molar-refractivity contribution in [1.29, 1.82) is 0 Å². The summed E-state index contributed by atoms with van der Waals surface area (Å²) in [4.78, 5) is 11.6. The van der Waals surface area contributed by atoms with Crippen molar-refractivity contribution in [3.8, 4) is 12.3 Å². The molecule has 1 aromatic rings. The highest BCUT2D eigenvalue weighted by atomic mass is 16.2. The van der Waals surface area contributed by atoms with Crippen LogP contribution in [0.2, 0.25) is 0 Å². The van der Waals surface area contributed by atoms with Gasteiger partial charge in [0.05, 0.1) is 6.04 Å². The van der Waals surface area contributed by atoms with Gasteiger partial charge in [-0.2, -0.15) is 0 Å². The Hall–Kier alpha value is -1.69. The van der Waals surface area contributed by atoms with E-state index in [1.807, 2.05) is 26.2 Å². The van der Waals surface area contributed by atoms with Crippen LogP contribution in [0.1, 0.15) is 23.8 Å². The normalized spacial score (nSPS) is 11.8. The molecule has 3 nitrogen and oxygen atoms in total. The van der Waals surface area contributed by atoms with E-state index < -0.39 is 0 Å². The molecule has 1 amide bonds. The number of nitrogens with one attached hydrogen (secondary N) is 1. The Balaban J connectivity index is 2.69. The van der Waals surface area contributed by atoms with Crippen LogP contribution in [-0.2, 0) is 7.05 Å². The topological polar surface area (TPSA) is 34.0 Å². The van der Waals surface area contributed by atoms with Crippen LogP contribution < -0.4 is 5.32 Å². The first kappa shape index (κ1) is 10.4. The number of hydrogen-bond acceptors (Lipinski definition) is 1. The second-order valence-corrected chi connectivity index (χ2v) is 3.11. The Morgan fingerprint density at radius 3 is 2.93 bits per heavy atom. The van der Waals surface area contributed by atoms with Gasteiger partial charge in [-0.15, -0.1) is 6.42 Å². The molecule has 0 spiro atoms. The zero-order valence-corrected chi connectivity index (χ0v) is 8.45. The zero-order valence-electron chi connectivity index (χ0n) is 8.45. The fraction of sp³-hybridized carbons (Fsp3) is 0.364. The molecule has 1 rings (SSSR count). The van der Waals surface area contributed by atoms with E-state index in [1.165, 1.54) is 0 Å². The first-order chi connectivity index (χ1) is 6.69. The highest BCUT2D eigenvalue weighted by Crippen LogP contribution is 2.00. The standard InChI is InChI=1S/C11H14N2O/c1-4-9(5-2)12-11(14)10-7-6-8-13(10)3/h1,6-9H,5H2,2-3H3,(H,12,14). The highest BCUT2D eigenvalue weighted by Gasteiger charge is 2.11. The Bertz CT molecular complexity index is 360. The van der Waals surface area contributed by atoms with Crippen molar-refractivity contribution >= 4 is 5.91 Å². The molecule has 0 radical (unpaired) electrons. The van der Waals surface area contributed by atoms with Gasteiger partial charge in [-0.1, -0.05) is 12.8 Å². The maximum absolute atomic E-state index is 11.6. The smallest absolute Gasteiger partial charge is 0.268 e. The average Bonchev–Trinajstić information content (AvgIpc) is 2.60. The Morgan fingerprint density at radius 1 is 1.79 bits per heavy atom. The SMILES string of the molecule is C#CC(CC)NC(=O)c1cccn1C. The number of rotatable bonds is 3. The van der Waals surface area contributed by atoms with E-state index in [2.05, 4.69) is 11.2 Å². The van der Waals surface area contributed by atoms with Crippen molar-refractivity contribution in [2.75, 3.05) is 0 Å². The van der Waals surface area contributed by atoms with Crippen LogP contribution in [0.15, 0.2) is 18.3 Å².